The summed E-state index contributed by atoms with van der Waals surface area (Å²) in [4.78, 5) is 0. The van der Waals surface area contributed by atoms with Crippen LogP contribution in [0.3, 0.4) is 0 Å². The molecule has 15 heavy (non-hydrogen) atoms. The van der Waals surface area contributed by atoms with E-state index >= 15 is 0 Å². The van der Waals surface area contributed by atoms with E-state index in [0.29, 0.717) is 0 Å². The van der Waals surface area contributed by atoms with Crippen molar-refractivity contribution in [1.29, 1.82) is 0 Å². The number of rotatable bonds is 0. The van der Waals surface area contributed by atoms with Crippen LogP contribution in [0, 0.1) is 0 Å². The monoisotopic (exact) mass is 198 g/mol. The molecule has 1 aliphatic rings. The molecule has 0 unspecified atom stereocenters. The molecular formula is C14H14O. The van der Waals surface area contributed by atoms with Gasteiger partial charge in [-0.25, -0.2) is 0 Å². The first-order valence-electron chi connectivity index (χ1n) is 5.55. The van der Waals surface area contributed by atoms with Crippen LogP contribution in [-0.4, -0.2) is 5.11 Å². The average Bonchev–Trinajstić information content (AvgIpc) is 2.29. The highest BCUT2D eigenvalue weighted by Gasteiger charge is 2.19. The number of benzene rings is 2. The quantitative estimate of drug-likeness (QED) is 0.689. The Balaban J connectivity index is 2.33. The summed E-state index contributed by atoms with van der Waals surface area (Å²) in [5.74, 6) is 0. The molecule has 0 aliphatic heterocycles. The molecule has 0 amide bonds. The van der Waals surface area contributed by atoms with Gasteiger partial charge >= 0.3 is 0 Å². The fraction of sp³-hybridized carbons (Fsp3) is 0.286. The smallest absolute Gasteiger partial charge is 0.0793 e. The molecule has 0 bridgehead atoms. The summed E-state index contributed by atoms with van der Waals surface area (Å²) < 4.78 is 0. The maximum absolute atomic E-state index is 9.92. The number of aliphatic hydroxyl groups excluding tert-OH is 1. The van der Waals surface area contributed by atoms with Crippen molar-refractivity contribution in [1.82, 2.24) is 0 Å². The van der Waals surface area contributed by atoms with Crippen LogP contribution >= 0.6 is 0 Å². The van der Waals surface area contributed by atoms with Gasteiger partial charge in [-0.2, -0.15) is 0 Å². The molecule has 0 saturated carbocycles. The minimum atomic E-state index is -0.252. The summed E-state index contributed by atoms with van der Waals surface area (Å²) in [5, 5.41) is 12.5. The van der Waals surface area contributed by atoms with Gasteiger partial charge in [0.1, 0.15) is 0 Å². The van der Waals surface area contributed by atoms with Crippen molar-refractivity contribution >= 4 is 10.8 Å². The Morgan fingerprint density at radius 1 is 1.07 bits per heavy atom. The second kappa shape index (κ2) is 3.35. The van der Waals surface area contributed by atoms with Gasteiger partial charge in [0.15, 0.2) is 0 Å². The van der Waals surface area contributed by atoms with Crippen molar-refractivity contribution in [2.45, 2.75) is 25.4 Å². The summed E-state index contributed by atoms with van der Waals surface area (Å²) in [7, 11) is 0. The second-order valence-corrected chi connectivity index (χ2v) is 4.26. The molecule has 0 heterocycles. The van der Waals surface area contributed by atoms with Gasteiger partial charge in [0.2, 0.25) is 0 Å². The van der Waals surface area contributed by atoms with E-state index < -0.39 is 0 Å². The molecule has 1 N–H and O–H groups in total. The lowest BCUT2D eigenvalue weighted by molar-refractivity contribution is 0.157. The van der Waals surface area contributed by atoms with Crippen molar-refractivity contribution < 1.29 is 5.11 Å². The van der Waals surface area contributed by atoms with Crippen molar-refractivity contribution in [3.05, 3.63) is 47.5 Å². The minimum absolute atomic E-state index is 0.252. The highest BCUT2D eigenvalue weighted by atomic mass is 16.3. The van der Waals surface area contributed by atoms with Gasteiger partial charge in [-0.15, -0.1) is 0 Å². The topological polar surface area (TPSA) is 20.2 Å². The van der Waals surface area contributed by atoms with Crippen LogP contribution in [-0.2, 0) is 6.42 Å². The minimum Gasteiger partial charge on any atom is -0.388 e. The van der Waals surface area contributed by atoms with Gasteiger partial charge in [0.05, 0.1) is 6.10 Å². The molecule has 1 heteroatoms. The summed E-state index contributed by atoms with van der Waals surface area (Å²) in [6.45, 7) is 0. The number of aliphatic hydroxyl groups is 1. The van der Waals surface area contributed by atoms with Crippen LogP contribution in [0.25, 0.3) is 10.8 Å². The van der Waals surface area contributed by atoms with E-state index in [-0.39, 0.29) is 6.10 Å². The van der Waals surface area contributed by atoms with Gasteiger partial charge in [-0.3, -0.25) is 0 Å². The first-order valence-corrected chi connectivity index (χ1v) is 5.55. The number of hydrogen-bond acceptors (Lipinski definition) is 1. The molecule has 1 atom stereocenters. The molecule has 76 valence electrons. The largest absolute Gasteiger partial charge is 0.388 e. The van der Waals surface area contributed by atoms with Crippen LogP contribution in [0.2, 0.25) is 0 Å². The summed E-state index contributed by atoms with van der Waals surface area (Å²) in [5.41, 5.74) is 2.49. The lowest BCUT2D eigenvalue weighted by Gasteiger charge is -2.22. The van der Waals surface area contributed by atoms with Gasteiger partial charge < -0.3 is 5.11 Å². The van der Waals surface area contributed by atoms with Crippen LogP contribution in [0.5, 0.6) is 0 Å². The first kappa shape index (κ1) is 8.93. The Morgan fingerprint density at radius 2 is 1.93 bits per heavy atom. The second-order valence-electron chi connectivity index (χ2n) is 4.26. The van der Waals surface area contributed by atoms with Gasteiger partial charge in [-0.1, -0.05) is 36.4 Å². The van der Waals surface area contributed by atoms with E-state index in [4.69, 9.17) is 0 Å². The summed E-state index contributed by atoms with van der Waals surface area (Å²) in [6.07, 6.45) is 2.86. The van der Waals surface area contributed by atoms with Crippen molar-refractivity contribution in [3.8, 4) is 0 Å². The van der Waals surface area contributed by atoms with E-state index in [1.54, 1.807) is 0 Å². The van der Waals surface area contributed by atoms with E-state index in [0.717, 1.165) is 24.8 Å². The first-order chi connectivity index (χ1) is 7.36. The summed E-state index contributed by atoms with van der Waals surface area (Å²) >= 11 is 0. The maximum Gasteiger partial charge on any atom is 0.0793 e. The van der Waals surface area contributed by atoms with E-state index in [9.17, 15) is 5.11 Å². The lowest BCUT2D eigenvalue weighted by atomic mass is 9.86. The third-order valence-corrected chi connectivity index (χ3v) is 3.34. The Morgan fingerprint density at radius 3 is 2.87 bits per heavy atom. The molecule has 3 rings (SSSR count). The Hall–Kier alpha value is -1.34. The zero-order chi connectivity index (χ0) is 10.3. The third-order valence-electron chi connectivity index (χ3n) is 3.34. The Kier molecular flexibility index (Phi) is 2.00. The zero-order valence-electron chi connectivity index (χ0n) is 8.61. The highest BCUT2D eigenvalue weighted by molar-refractivity contribution is 5.87. The zero-order valence-corrected chi connectivity index (χ0v) is 8.61. The Labute approximate surface area is 89.4 Å². The van der Waals surface area contributed by atoms with Crippen molar-refractivity contribution in [2.75, 3.05) is 0 Å². The van der Waals surface area contributed by atoms with Crippen LogP contribution in [0.4, 0.5) is 0 Å². The molecule has 0 fully saturated rings. The molecular weight excluding hydrogens is 184 g/mol. The Bertz CT molecular complexity index is 502. The van der Waals surface area contributed by atoms with Crippen LogP contribution in [0.1, 0.15) is 30.1 Å². The number of hydrogen-bond donors (Lipinski definition) is 1. The molecule has 1 aliphatic carbocycles. The van der Waals surface area contributed by atoms with Crippen molar-refractivity contribution in [3.63, 3.8) is 0 Å². The van der Waals surface area contributed by atoms with Crippen LogP contribution in [0.15, 0.2) is 36.4 Å². The normalized spacial score (nSPS) is 20.2. The molecule has 2 aromatic carbocycles. The third kappa shape index (κ3) is 1.35. The summed E-state index contributed by atoms with van der Waals surface area (Å²) in [6, 6.07) is 12.6. The molecule has 0 radical (unpaired) electrons. The predicted octanol–water partition coefficient (Wildman–Crippen LogP) is 3.21. The SMILES string of the molecule is O[C@H]1CCCc2c1ccc1ccccc21. The van der Waals surface area contributed by atoms with Gasteiger partial charge in [0, 0.05) is 0 Å². The molecule has 2 aromatic rings. The number of fused-ring (bicyclic) bond motifs is 3. The average molecular weight is 198 g/mol. The molecule has 0 spiro atoms. The number of aryl methyl sites for hydroxylation is 1. The fourth-order valence-electron chi connectivity index (χ4n) is 2.57. The molecule has 1 nitrogen and oxygen atoms in total. The standard InChI is InChI=1S/C14H14O/c15-14-7-3-6-12-11-5-2-1-4-10(11)8-9-13(12)14/h1-2,4-5,8-9,14-15H,3,6-7H2/t14-/m0/s1. The van der Waals surface area contributed by atoms with Gasteiger partial charge in [-0.05, 0) is 41.2 Å². The lowest BCUT2D eigenvalue weighted by Crippen LogP contribution is -2.09. The van der Waals surface area contributed by atoms with E-state index in [1.165, 1.54) is 16.3 Å². The van der Waals surface area contributed by atoms with Gasteiger partial charge in [0.25, 0.3) is 0 Å². The highest BCUT2D eigenvalue weighted by Crippen LogP contribution is 2.34. The molecule has 0 saturated heterocycles. The van der Waals surface area contributed by atoms with Crippen LogP contribution < -0.4 is 0 Å². The molecule has 0 aromatic heterocycles. The van der Waals surface area contributed by atoms with Crippen molar-refractivity contribution in [2.24, 2.45) is 0 Å². The van der Waals surface area contributed by atoms with E-state index in [2.05, 4.69) is 36.4 Å². The maximum atomic E-state index is 9.92. The predicted molar refractivity (Wildman–Crippen MR) is 61.8 cm³/mol. The fourth-order valence-corrected chi connectivity index (χ4v) is 2.57. The van der Waals surface area contributed by atoms with E-state index in [1.807, 2.05) is 0 Å².